The van der Waals surface area contributed by atoms with Gasteiger partial charge in [0, 0.05) is 17.6 Å². The van der Waals surface area contributed by atoms with E-state index in [-0.39, 0.29) is 34.0 Å². The van der Waals surface area contributed by atoms with Crippen LogP contribution in [0.4, 0.5) is 21.8 Å². The number of halogens is 1. The van der Waals surface area contributed by atoms with Crippen molar-refractivity contribution in [2.45, 2.75) is 0 Å². The van der Waals surface area contributed by atoms with E-state index in [1.807, 2.05) is 0 Å². The van der Waals surface area contributed by atoms with Crippen molar-refractivity contribution in [3.05, 3.63) is 82.4 Å². The summed E-state index contributed by atoms with van der Waals surface area (Å²) in [5.74, 6) is -1.17. The molecule has 32 heavy (non-hydrogen) atoms. The molecule has 0 unspecified atom stereocenters. The first-order valence-corrected chi connectivity index (χ1v) is 10.4. The molecule has 13 heteroatoms. The van der Waals surface area contributed by atoms with Gasteiger partial charge in [0.1, 0.15) is 16.5 Å². The van der Waals surface area contributed by atoms with Gasteiger partial charge < -0.3 is 14.2 Å². The van der Waals surface area contributed by atoms with E-state index in [9.17, 15) is 28.9 Å². The van der Waals surface area contributed by atoms with Crippen LogP contribution in [0.15, 0.2) is 59.3 Å². The summed E-state index contributed by atoms with van der Waals surface area (Å²) in [5, 5.41) is 10.9. The van der Waals surface area contributed by atoms with Crippen molar-refractivity contribution in [2.75, 3.05) is 4.67 Å². The third-order valence-corrected chi connectivity index (χ3v) is 5.14. The molecule has 0 radical (unpaired) electrons. The van der Waals surface area contributed by atoms with Gasteiger partial charge in [-0.05, 0) is 42.5 Å². The highest BCUT2D eigenvalue weighted by atomic mass is 31.2. The fourth-order valence-corrected chi connectivity index (χ4v) is 3.72. The van der Waals surface area contributed by atoms with Crippen LogP contribution in [0.5, 0.6) is 0 Å². The van der Waals surface area contributed by atoms with E-state index in [4.69, 9.17) is 4.42 Å². The number of anilines is 2. The number of nitro groups is 1. The predicted molar refractivity (Wildman–Crippen MR) is 112 cm³/mol. The molecule has 0 saturated carbocycles. The Labute approximate surface area is 178 Å². The molecule has 0 aliphatic heterocycles. The van der Waals surface area contributed by atoms with Crippen LogP contribution in [-0.2, 0) is 4.57 Å². The quantitative estimate of drug-likeness (QED) is 0.246. The van der Waals surface area contributed by atoms with Crippen molar-refractivity contribution >= 4 is 48.2 Å². The monoisotopic (exact) mass is 457 g/mol. The van der Waals surface area contributed by atoms with Crippen LogP contribution >= 0.6 is 7.75 Å². The molecule has 4 rings (SSSR count). The van der Waals surface area contributed by atoms with E-state index >= 15 is 0 Å². The zero-order chi connectivity index (χ0) is 22.9. The Hall–Kier alpha value is -3.99. The van der Waals surface area contributed by atoms with Crippen LogP contribution in [0.2, 0.25) is 0 Å². The van der Waals surface area contributed by atoms with Crippen molar-refractivity contribution in [2.24, 2.45) is 0 Å². The van der Waals surface area contributed by atoms with Crippen molar-refractivity contribution in [1.29, 1.82) is 0 Å². The minimum absolute atomic E-state index is 0.0421. The smallest absolute Gasteiger partial charge is 0.401 e. The summed E-state index contributed by atoms with van der Waals surface area (Å²) in [5.41, 5.74) is 0.143. The lowest BCUT2D eigenvalue weighted by atomic mass is 10.2. The molecule has 0 aliphatic carbocycles. The number of rotatable bonds is 6. The molecule has 3 aromatic heterocycles. The minimum Gasteiger partial charge on any atom is -0.401 e. The van der Waals surface area contributed by atoms with E-state index in [1.165, 1.54) is 54.9 Å². The summed E-state index contributed by atoms with van der Waals surface area (Å²) in [6.07, 6.45) is 5.33. The largest absolute Gasteiger partial charge is 0.435 e. The Morgan fingerprint density at radius 1 is 1.16 bits per heavy atom. The van der Waals surface area contributed by atoms with E-state index in [0.717, 1.165) is 12.1 Å². The van der Waals surface area contributed by atoms with Crippen molar-refractivity contribution < 1.29 is 28.1 Å². The molecule has 4 aromatic rings. The number of fused-ring (bicyclic) bond motifs is 1. The average molecular weight is 457 g/mol. The van der Waals surface area contributed by atoms with Crippen LogP contribution in [0.25, 0.3) is 23.1 Å². The van der Waals surface area contributed by atoms with Gasteiger partial charge in [0.25, 0.3) is 0 Å². The first-order chi connectivity index (χ1) is 15.2. The van der Waals surface area contributed by atoms with Gasteiger partial charge >= 0.3 is 13.6 Å². The maximum atomic E-state index is 13.9. The first-order valence-electron chi connectivity index (χ1n) is 8.88. The molecule has 0 saturated heterocycles. The molecular formula is C19H13FN5O6P. The fourth-order valence-electron chi connectivity index (χ4n) is 2.90. The second-order valence-electron chi connectivity index (χ2n) is 6.37. The fraction of sp³-hybridized carbons (Fsp3) is 0. The molecule has 3 heterocycles. The number of nitrogens with zero attached hydrogens (tertiary/aromatic N) is 5. The van der Waals surface area contributed by atoms with Gasteiger partial charge in [0.15, 0.2) is 11.6 Å². The van der Waals surface area contributed by atoms with E-state index in [0.29, 0.717) is 4.67 Å². The van der Waals surface area contributed by atoms with Gasteiger partial charge in [0.2, 0.25) is 0 Å². The highest BCUT2D eigenvalue weighted by Gasteiger charge is 2.31. The van der Waals surface area contributed by atoms with E-state index in [2.05, 4.69) is 15.0 Å². The number of hydrogen-bond acceptors (Lipinski definition) is 7. The zero-order valence-corrected chi connectivity index (χ0v) is 16.8. The van der Waals surface area contributed by atoms with Crippen molar-refractivity contribution in [1.82, 2.24) is 15.0 Å². The Morgan fingerprint density at radius 2 is 1.97 bits per heavy atom. The number of pyridine rings is 1. The molecule has 0 amide bonds. The highest BCUT2D eigenvalue weighted by Crippen LogP contribution is 2.50. The average Bonchev–Trinajstić information content (AvgIpc) is 3.21. The molecule has 11 nitrogen and oxygen atoms in total. The lowest BCUT2D eigenvalue weighted by Gasteiger charge is -2.25. The Bertz CT molecular complexity index is 1390. The topological polar surface area (TPSA) is 156 Å². The third kappa shape index (κ3) is 4.37. The molecule has 0 aliphatic rings. The van der Waals surface area contributed by atoms with Crippen LogP contribution in [0.3, 0.4) is 0 Å². The molecule has 0 spiro atoms. The van der Waals surface area contributed by atoms with Gasteiger partial charge in [-0.25, -0.2) is 23.6 Å². The summed E-state index contributed by atoms with van der Waals surface area (Å²) in [6, 6.07) is 8.97. The number of furan rings is 1. The summed E-state index contributed by atoms with van der Waals surface area (Å²) in [4.78, 5) is 42.4. The molecule has 162 valence electrons. The number of aromatic nitrogens is 3. The van der Waals surface area contributed by atoms with Crippen molar-refractivity contribution in [3.8, 4) is 0 Å². The van der Waals surface area contributed by atoms with Gasteiger partial charge in [0.05, 0.1) is 23.5 Å². The SMILES string of the molecule is O=[N+]([O-])c1ccc(/C=C/c2nc(N(c3cccnc3)P(=O)(O)O)c3ccc(F)cc3n2)o1. The summed E-state index contributed by atoms with van der Waals surface area (Å²) in [7, 11) is -4.95. The molecule has 0 fully saturated rings. The molecule has 2 N–H and O–H groups in total. The summed E-state index contributed by atoms with van der Waals surface area (Å²) >= 11 is 0. The maximum absolute atomic E-state index is 13.9. The Balaban J connectivity index is 1.88. The molecule has 0 atom stereocenters. The van der Waals surface area contributed by atoms with E-state index < -0.39 is 24.4 Å². The van der Waals surface area contributed by atoms with Crippen LogP contribution in [0.1, 0.15) is 11.6 Å². The normalized spacial score (nSPS) is 11.8. The highest BCUT2D eigenvalue weighted by molar-refractivity contribution is 7.54. The van der Waals surface area contributed by atoms with Crippen LogP contribution in [0, 0.1) is 15.9 Å². The van der Waals surface area contributed by atoms with Crippen LogP contribution in [-0.4, -0.2) is 29.7 Å². The minimum atomic E-state index is -4.95. The molecule has 0 bridgehead atoms. The first kappa shape index (κ1) is 21.2. The number of hydrogen-bond donors (Lipinski definition) is 2. The Morgan fingerprint density at radius 3 is 2.62 bits per heavy atom. The standard InChI is InChI=1S/C19H13FN5O6P/c20-12-3-6-15-16(10-12)22-17(7-4-14-5-8-18(31-14)25(26)27)23-19(15)24(32(28,29)30)13-2-1-9-21-11-13/h1-11H,(H2,28,29,30)/b7-4+. The van der Waals surface area contributed by atoms with Gasteiger partial charge in [-0.15, -0.1) is 0 Å². The van der Waals surface area contributed by atoms with Gasteiger partial charge in [-0.1, -0.05) is 0 Å². The van der Waals surface area contributed by atoms with E-state index in [1.54, 1.807) is 0 Å². The lowest BCUT2D eigenvalue weighted by Crippen LogP contribution is -2.16. The zero-order valence-electron chi connectivity index (χ0n) is 15.9. The lowest BCUT2D eigenvalue weighted by molar-refractivity contribution is -0.402. The van der Waals surface area contributed by atoms with Crippen LogP contribution < -0.4 is 4.67 Å². The third-order valence-electron chi connectivity index (χ3n) is 4.20. The van der Waals surface area contributed by atoms with Crippen molar-refractivity contribution in [3.63, 3.8) is 0 Å². The molecular weight excluding hydrogens is 444 g/mol. The summed E-state index contributed by atoms with van der Waals surface area (Å²) < 4.78 is 31.9. The number of benzene rings is 1. The van der Waals surface area contributed by atoms with Gasteiger partial charge in [-0.2, -0.15) is 0 Å². The Kier molecular flexibility index (Phi) is 5.49. The molecule has 1 aromatic carbocycles. The summed E-state index contributed by atoms with van der Waals surface area (Å²) in [6.45, 7) is 0. The second kappa shape index (κ2) is 8.27. The van der Waals surface area contributed by atoms with Gasteiger partial charge in [-0.3, -0.25) is 15.1 Å². The second-order valence-corrected chi connectivity index (χ2v) is 7.80. The maximum Gasteiger partial charge on any atom is 0.435 e. The predicted octanol–water partition coefficient (Wildman–Crippen LogP) is 4.07.